The van der Waals surface area contributed by atoms with E-state index in [1.165, 1.54) is 23.9 Å². The van der Waals surface area contributed by atoms with Gasteiger partial charge in [0.1, 0.15) is 6.04 Å². The number of nitro groups is 1. The Morgan fingerprint density at radius 1 is 1.47 bits per heavy atom. The molecule has 19 heavy (non-hydrogen) atoms. The molecule has 0 saturated carbocycles. The molecule has 104 valence electrons. The van der Waals surface area contributed by atoms with Gasteiger partial charge in [0, 0.05) is 23.6 Å². The lowest BCUT2D eigenvalue weighted by molar-refractivity contribution is -0.384. The molecule has 0 spiro atoms. The van der Waals surface area contributed by atoms with Gasteiger partial charge in [-0.05, 0) is 12.5 Å². The molecule has 0 saturated heterocycles. The summed E-state index contributed by atoms with van der Waals surface area (Å²) in [5, 5.41) is 10.5. The van der Waals surface area contributed by atoms with Gasteiger partial charge in [-0.15, -0.1) is 0 Å². The zero-order valence-corrected chi connectivity index (χ0v) is 11.4. The largest absolute Gasteiger partial charge is 0.465 e. The van der Waals surface area contributed by atoms with Crippen molar-refractivity contribution in [2.75, 3.05) is 12.4 Å². The van der Waals surface area contributed by atoms with Gasteiger partial charge < -0.3 is 10.5 Å². The van der Waals surface area contributed by atoms with E-state index in [1.54, 1.807) is 19.1 Å². The SMILES string of the molecule is CCOC(=O)C(N)CSCc1ccc([N+](=O)[O-])cc1. The molecule has 1 unspecified atom stereocenters. The molecule has 1 aromatic carbocycles. The number of hydrogen-bond donors (Lipinski definition) is 1. The van der Waals surface area contributed by atoms with E-state index in [1.807, 2.05) is 0 Å². The van der Waals surface area contributed by atoms with Gasteiger partial charge >= 0.3 is 5.97 Å². The van der Waals surface area contributed by atoms with Gasteiger partial charge in [-0.3, -0.25) is 14.9 Å². The third-order valence-electron chi connectivity index (χ3n) is 2.30. The Morgan fingerprint density at radius 3 is 2.63 bits per heavy atom. The van der Waals surface area contributed by atoms with Crippen molar-refractivity contribution in [2.45, 2.75) is 18.7 Å². The minimum absolute atomic E-state index is 0.0666. The number of ether oxygens (including phenoxy) is 1. The van der Waals surface area contributed by atoms with Gasteiger partial charge in [-0.1, -0.05) is 12.1 Å². The van der Waals surface area contributed by atoms with Crippen molar-refractivity contribution in [3.05, 3.63) is 39.9 Å². The predicted octanol–water partition coefficient (Wildman–Crippen LogP) is 1.72. The van der Waals surface area contributed by atoms with Crippen LogP contribution in [0.4, 0.5) is 5.69 Å². The van der Waals surface area contributed by atoms with Gasteiger partial charge in [0.05, 0.1) is 11.5 Å². The standard InChI is InChI=1S/C12H16N2O4S/c1-2-18-12(15)11(13)8-19-7-9-3-5-10(6-4-9)14(16)17/h3-6,11H,2,7-8,13H2,1H3. The molecule has 0 aromatic heterocycles. The summed E-state index contributed by atoms with van der Waals surface area (Å²) in [7, 11) is 0. The second-order valence-electron chi connectivity index (χ2n) is 3.80. The lowest BCUT2D eigenvalue weighted by Gasteiger charge is -2.09. The van der Waals surface area contributed by atoms with E-state index in [4.69, 9.17) is 10.5 Å². The van der Waals surface area contributed by atoms with Crippen molar-refractivity contribution in [1.82, 2.24) is 0 Å². The summed E-state index contributed by atoms with van der Waals surface area (Å²) in [5.41, 5.74) is 6.66. The molecule has 0 fully saturated rings. The monoisotopic (exact) mass is 284 g/mol. The maximum Gasteiger partial charge on any atom is 0.323 e. The first-order valence-electron chi connectivity index (χ1n) is 5.78. The van der Waals surface area contributed by atoms with Crippen LogP contribution in [0.1, 0.15) is 12.5 Å². The number of carbonyl (C=O) groups excluding carboxylic acids is 1. The Kier molecular flexibility index (Phi) is 6.31. The van der Waals surface area contributed by atoms with Crippen molar-refractivity contribution in [3.8, 4) is 0 Å². The Bertz CT molecular complexity index is 436. The number of hydrogen-bond acceptors (Lipinski definition) is 6. The normalized spacial score (nSPS) is 11.9. The molecule has 0 aliphatic heterocycles. The third-order valence-corrected chi connectivity index (χ3v) is 3.43. The topological polar surface area (TPSA) is 95.5 Å². The zero-order valence-electron chi connectivity index (χ0n) is 10.6. The number of esters is 1. The number of nitro benzene ring substituents is 1. The Labute approximate surface area is 115 Å². The Balaban J connectivity index is 2.36. The highest BCUT2D eigenvalue weighted by molar-refractivity contribution is 7.98. The number of nitrogens with zero attached hydrogens (tertiary/aromatic N) is 1. The van der Waals surface area contributed by atoms with Gasteiger partial charge in [0.25, 0.3) is 5.69 Å². The van der Waals surface area contributed by atoms with Crippen LogP contribution in [0.25, 0.3) is 0 Å². The third kappa shape index (κ3) is 5.27. The minimum Gasteiger partial charge on any atom is -0.465 e. The summed E-state index contributed by atoms with van der Waals surface area (Å²) < 4.78 is 4.80. The minimum atomic E-state index is -0.636. The first-order chi connectivity index (χ1) is 9.04. The van der Waals surface area contributed by atoms with Gasteiger partial charge in [0.15, 0.2) is 0 Å². The van der Waals surface area contributed by atoms with E-state index in [-0.39, 0.29) is 5.69 Å². The van der Waals surface area contributed by atoms with Crippen LogP contribution in [-0.4, -0.2) is 29.3 Å². The lowest BCUT2D eigenvalue weighted by atomic mass is 10.2. The maximum absolute atomic E-state index is 11.3. The van der Waals surface area contributed by atoms with Crippen LogP contribution in [0.5, 0.6) is 0 Å². The molecule has 0 amide bonds. The first kappa shape index (κ1) is 15.5. The second-order valence-corrected chi connectivity index (χ2v) is 4.83. The molecule has 0 bridgehead atoms. The fourth-order valence-corrected chi connectivity index (χ4v) is 2.27. The molecular formula is C12H16N2O4S. The summed E-state index contributed by atoms with van der Waals surface area (Å²) in [6.07, 6.45) is 0. The summed E-state index contributed by atoms with van der Waals surface area (Å²) >= 11 is 1.49. The summed E-state index contributed by atoms with van der Waals surface area (Å²) in [4.78, 5) is 21.3. The highest BCUT2D eigenvalue weighted by atomic mass is 32.2. The average Bonchev–Trinajstić information content (AvgIpc) is 2.39. The number of carbonyl (C=O) groups is 1. The molecule has 0 aliphatic rings. The van der Waals surface area contributed by atoms with E-state index in [2.05, 4.69) is 0 Å². The van der Waals surface area contributed by atoms with Crippen LogP contribution >= 0.6 is 11.8 Å². The molecule has 0 aliphatic carbocycles. The number of rotatable bonds is 7. The molecule has 1 aromatic rings. The van der Waals surface area contributed by atoms with Crippen LogP contribution < -0.4 is 5.73 Å². The Hall–Kier alpha value is -1.60. The van der Waals surface area contributed by atoms with Gasteiger partial charge in [-0.2, -0.15) is 11.8 Å². The number of thioether (sulfide) groups is 1. The first-order valence-corrected chi connectivity index (χ1v) is 6.93. The summed E-state index contributed by atoms with van der Waals surface area (Å²) in [5.74, 6) is 0.694. The number of non-ortho nitro benzene ring substituents is 1. The van der Waals surface area contributed by atoms with E-state index in [0.717, 1.165) is 5.56 Å². The summed E-state index contributed by atoms with van der Waals surface area (Å²) in [6, 6.07) is 5.67. The molecule has 1 rings (SSSR count). The summed E-state index contributed by atoms with van der Waals surface area (Å²) in [6.45, 7) is 2.05. The van der Waals surface area contributed by atoms with Crippen molar-refractivity contribution >= 4 is 23.4 Å². The van der Waals surface area contributed by atoms with Crippen molar-refractivity contribution in [2.24, 2.45) is 5.73 Å². The van der Waals surface area contributed by atoms with Crippen LogP contribution in [0.2, 0.25) is 0 Å². The van der Waals surface area contributed by atoms with Crippen molar-refractivity contribution < 1.29 is 14.5 Å². The molecule has 7 heteroatoms. The van der Waals surface area contributed by atoms with Gasteiger partial charge in [-0.25, -0.2) is 0 Å². The quantitative estimate of drug-likeness (QED) is 0.465. The molecule has 1 atom stereocenters. The highest BCUT2D eigenvalue weighted by Crippen LogP contribution is 2.17. The molecular weight excluding hydrogens is 268 g/mol. The van der Waals surface area contributed by atoms with Crippen LogP contribution in [0.15, 0.2) is 24.3 Å². The van der Waals surface area contributed by atoms with Gasteiger partial charge in [0.2, 0.25) is 0 Å². The predicted molar refractivity (Wildman–Crippen MR) is 73.9 cm³/mol. The lowest BCUT2D eigenvalue weighted by Crippen LogP contribution is -2.34. The number of nitrogens with two attached hydrogens (primary N) is 1. The molecule has 6 nitrogen and oxygen atoms in total. The van der Waals surface area contributed by atoms with Crippen LogP contribution in [-0.2, 0) is 15.3 Å². The Morgan fingerprint density at radius 2 is 2.11 bits per heavy atom. The zero-order chi connectivity index (χ0) is 14.3. The number of benzene rings is 1. The van der Waals surface area contributed by atoms with E-state index < -0.39 is 16.9 Å². The van der Waals surface area contributed by atoms with E-state index in [0.29, 0.717) is 18.1 Å². The van der Waals surface area contributed by atoms with Crippen LogP contribution in [0.3, 0.4) is 0 Å². The highest BCUT2D eigenvalue weighted by Gasteiger charge is 2.14. The fraction of sp³-hybridized carbons (Fsp3) is 0.417. The maximum atomic E-state index is 11.3. The smallest absolute Gasteiger partial charge is 0.323 e. The fourth-order valence-electron chi connectivity index (χ4n) is 1.33. The average molecular weight is 284 g/mol. The van der Waals surface area contributed by atoms with Crippen molar-refractivity contribution in [1.29, 1.82) is 0 Å². The van der Waals surface area contributed by atoms with E-state index >= 15 is 0 Å². The molecule has 0 heterocycles. The van der Waals surface area contributed by atoms with Crippen molar-refractivity contribution in [3.63, 3.8) is 0 Å². The molecule has 2 N–H and O–H groups in total. The molecule has 0 radical (unpaired) electrons. The van der Waals surface area contributed by atoms with E-state index in [9.17, 15) is 14.9 Å². The second kappa shape index (κ2) is 7.75. The van der Waals surface area contributed by atoms with Crippen LogP contribution in [0, 0.1) is 10.1 Å².